The van der Waals surface area contributed by atoms with Crippen LogP contribution in [0, 0.1) is 0 Å². The molecule has 0 spiro atoms. The van der Waals surface area contributed by atoms with Gasteiger partial charge in [0.15, 0.2) is 0 Å². The lowest BCUT2D eigenvalue weighted by atomic mass is 10.3. The molecule has 90 valence electrons. The van der Waals surface area contributed by atoms with Crippen molar-refractivity contribution in [2.75, 3.05) is 24.5 Å². The van der Waals surface area contributed by atoms with Crippen molar-refractivity contribution < 1.29 is 4.52 Å². The Morgan fingerprint density at radius 1 is 1.44 bits per heavy atom. The van der Waals surface area contributed by atoms with Gasteiger partial charge in [0.2, 0.25) is 5.89 Å². The number of hydrogen-bond acceptors (Lipinski definition) is 5. The van der Waals surface area contributed by atoms with Crippen molar-refractivity contribution in [3.05, 3.63) is 5.89 Å². The SMILES string of the molecule is CCCNC(C)c1nc(N2CCCC2)no1. The maximum atomic E-state index is 5.27. The number of anilines is 1. The van der Waals surface area contributed by atoms with Crippen LogP contribution in [-0.2, 0) is 0 Å². The summed E-state index contributed by atoms with van der Waals surface area (Å²) in [5.74, 6) is 1.44. The van der Waals surface area contributed by atoms with Crippen LogP contribution in [0.3, 0.4) is 0 Å². The highest BCUT2D eigenvalue weighted by Crippen LogP contribution is 2.18. The normalized spacial score (nSPS) is 18.0. The second-order valence-corrected chi connectivity index (χ2v) is 4.30. The van der Waals surface area contributed by atoms with Crippen molar-refractivity contribution in [1.29, 1.82) is 0 Å². The Bertz CT molecular complexity index is 320. The van der Waals surface area contributed by atoms with Gasteiger partial charge in [-0.05, 0) is 37.9 Å². The first-order chi connectivity index (χ1) is 7.81. The summed E-state index contributed by atoms with van der Waals surface area (Å²) in [4.78, 5) is 6.61. The van der Waals surface area contributed by atoms with E-state index in [1.54, 1.807) is 0 Å². The van der Waals surface area contributed by atoms with Gasteiger partial charge in [0.1, 0.15) is 0 Å². The molecule has 2 rings (SSSR count). The summed E-state index contributed by atoms with van der Waals surface area (Å²) < 4.78 is 5.27. The average Bonchev–Trinajstić information content (AvgIpc) is 2.94. The summed E-state index contributed by atoms with van der Waals surface area (Å²) in [7, 11) is 0. The molecule has 1 aromatic heterocycles. The highest BCUT2D eigenvalue weighted by Gasteiger charge is 2.20. The van der Waals surface area contributed by atoms with Crippen molar-refractivity contribution >= 4 is 5.95 Å². The Kier molecular flexibility index (Phi) is 3.77. The predicted molar refractivity (Wildman–Crippen MR) is 62.5 cm³/mol. The van der Waals surface area contributed by atoms with Gasteiger partial charge in [-0.1, -0.05) is 6.92 Å². The van der Waals surface area contributed by atoms with Gasteiger partial charge in [0.05, 0.1) is 6.04 Å². The monoisotopic (exact) mass is 224 g/mol. The summed E-state index contributed by atoms with van der Waals surface area (Å²) in [6, 6.07) is 0.142. The molecule has 1 aliphatic heterocycles. The summed E-state index contributed by atoms with van der Waals surface area (Å²) in [6.07, 6.45) is 3.57. The second kappa shape index (κ2) is 5.30. The van der Waals surface area contributed by atoms with Crippen molar-refractivity contribution in [2.24, 2.45) is 0 Å². The van der Waals surface area contributed by atoms with E-state index >= 15 is 0 Å². The van der Waals surface area contributed by atoms with Gasteiger partial charge < -0.3 is 14.7 Å². The van der Waals surface area contributed by atoms with Crippen LogP contribution in [0.15, 0.2) is 4.52 Å². The summed E-state index contributed by atoms with van der Waals surface area (Å²) >= 11 is 0. The Balaban J connectivity index is 1.95. The van der Waals surface area contributed by atoms with Crippen LogP contribution in [0.1, 0.15) is 45.0 Å². The average molecular weight is 224 g/mol. The van der Waals surface area contributed by atoms with Crippen molar-refractivity contribution in [1.82, 2.24) is 15.5 Å². The molecule has 1 unspecified atom stereocenters. The Morgan fingerprint density at radius 2 is 2.19 bits per heavy atom. The molecule has 1 aliphatic rings. The van der Waals surface area contributed by atoms with E-state index in [4.69, 9.17) is 4.52 Å². The lowest BCUT2D eigenvalue weighted by molar-refractivity contribution is 0.339. The van der Waals surface area contributed by atoms with Crippen molar-refractivity contribution in [2.45, 2.75) is 39.2 Å². The maximum absolute atomic E-state index is 5.27. The molecule has 1 fully saturated rings. The van der Waals surface area contributed by atoms with Crippen LogP contribution >= 0.6 is 0 Å². The van der Waals surface area contributed by atoms with Gasteiger partial charge in [-0.3, -0.25) is 0 Å². The maximum Gasteiger partial charge on any atom is 0.266 e. The number of aromatic nitrogens is 2. The smallest absolute Gasteiger partial charge is 0.266 e. The fourth-order valence-corrected chi connectivity index (χ4v) is 1.90. The van der Waals surface area contributed by atoms with Crippen LogP contribution in [0.5, 0.6) is 0 Å². The van der Waals surface area contributed by atoms with Crippen LogP contribution in [0.4, 0.5) is 5.95 Å². The molecule has 5 nitrogen and oxygen atoms in total. The van der Waals surface area contributed by atoms with Crippen LogP contribution in [-0.4, -0.2) is 29.8 Å². The van der Waals surface area contributed by atoms with Gasteiger partial charge in [-0.25, -0.2) is 0 Å². The van der Waals surface area contributed by atoms with Crippen molar-refractivity contribution in [3.8, 4) is 0 Å². The van der Waals surface area contributed by atoms with E-state index in [0.29, 0.717) is 5.89 Å². The first-order valence-corrected chi connectivity index (χ1v) is 6.13. The quantitative estimate of drug-likeness (QED) is 0.825. The molecule has 0 amide bonds. The molecular weight excluding hydrogens is 204 g/mol. The molecule has 1 N–H and O–H groups in total. The number of rotatable bonds is 5. The van der Waals surface area contributed by atoms with Gasteiger partial charge in [0.25, 0.3) is 5.95 Å². The van der Waals surface area contributed by atoms with Gasteiger partial charge >= 0.3 is 0 Å². The van der Waals surface area contributed by atoms with Crippen molar-refractivity contribution in [3.63, 3.8) is 0 Å². The Hall–Kier alpha value is -1.10. The van der Waals surface area contributed by atoms with E-state index in [-0.39, 0.29) is 6.04 Å². The van der Waals surface area contributed by atoms with E-state index < -0.39 is 0 Å². The number of hydrogen-bond donors (Lipinski definition) is 1. The molecular formula is C11H20N4O. The summed E-state index contributed by atoms with van der Waals surface area (Å²) in [5, 5.41) is 7.36. The zero-order chi connectivity index (χ0) is 11.4. The zero-order valence-corrected chi connectivity index (χ0v) is 10.1. The minimum absolute atomic E-state index is 0.142. The zero-order valence-electron chi connectivity index (χ0n) is 10.1. The van der Waals surface area contributed by atoms with E-state index in [0.717, 1.165) is 32.0 Å². The van der Waals surface area contributed by atoms with E-state index in [1.807, 2.05) is 0 Å². The van der Waals surface area contributed by atoms with Gasteiger partial charge in [-0.15, -0.1) is 0 Å². The highest BCUT2D eigenvalue weighted by molar-refractivity contribution is 5.29. The summed E-state index contributed by atoms with van der Waals surface area (Å²) in [5.41, 5.74) is 0. The fraction of sp³-hybridized carbons (Fsp3) is 0.818. The van der Waals surface area contributed by atoms with E-state index in [9.17, 15) is 0 Å². The Labute approximate surface area is 96.2 Å². The molecule has 1 aromatic rings. The van der Waals surface area contributed by atoms with Gasteiger partial charge in [0, 0.05) is 13.1 Å². The van der Waals surface area contributed by atoms with Gasteiger partial charge in [-0.2, -0.15) is 4.98 Å². The molecule has 0 bridgehead atoms. The third kappa shape index (κ3) is 2.52. The molecule has 2 heterocycles. The van der Waals surface area contributed by atoms with Crippen LogP contribution < -0.4 is 10.2 Å². The van der Waals surface area contributed by atoms with Crippen LogP contribution in [0.25, 0.3) is 0 Å². The number of nitrogens with one attached hydrogen (secondary N) is 1. The third-order valence-electron chi connectivity index (χ3n) is 2.89. The Morgan fingerprint density at radius 3 is 2.88 bits per heavy atom. The second-order valence-electron chi connectivity index (χ2n) is 4.30. The molecule has 16 heavy (non-hydrogen) atoms. The molecule has 0 aliphatic carbocycles. The largest absolute Gasteiger partial charge is 0.338 e. The van der Waals surface area contributed by atoms with E-state index in [1.165, 1.54) is 12.8 Å². The summed E-state index contributed by atoms with van der Waals surface area (Å²) in [6.45, 7) is 7.27. The molecule has 0 saturated carbocycles. The van der Waals surface area contributed by atoms with Crippen LogP contribution in [0.2, 0.25) is 0 Å². The molecule has 0 aromatic carbocycles. The molecule has 1 saturated heterocycles. The fourth-order valence-electron chi connectivity index (χ4n) is 1.90. The highest BCUT2D eigenvalue weighted by atomic mass is 16.5. The topological polar surface area (TPSA) is 54.2 Å². The minimum atomic E-state index is 0.142. The first-order valence-electron chi connectivity index (χ1n) is 6.13. The molecule has 0 radical (unpaired) electrons. The molecule has 1 atom stereocenters. The minimum Gasteiger partial charge on any atom is -0.338 e. The first kappa shape index (κ1) is 11.4. The predicted octanol–water partition coefficient (Wildman–Crippen LogP) is 1.73. The van der Waals surface area contributed by atoms with E-state index in [2.05, 4.69) is 34.2 Å². The lowest BCUT2D eigenvalue weighted by Gasteiger charge is -2.10. The number of nitrogens with zero attached hydrogens (tertiary/aromatic N) is 3. The standard InChI is InChI=1S/C11H20N4O/c1-3-6-12-9(2)10-13-11(14-16-10)15-7-4-5-8-15/h9,12H,3-8H2,1-2H3. The lowest BCUT2D eigenvalue weighted by Crippen LogP contribution is -2.21. The third-order valence-corrected chi connectivity index (χ3v) is 2.89. The molecule has 5 heteroatoms.